The molecule has 1 N–H and O–H groups in total. The molecule has 1 heterocycles. The van der Waals surface area contributed by atoms with E-state index in [2.05, 4.69) is 5.43 Å². The normalized spacial score (nSPS) is 29.9. The summed E-state index contributed by atoms with van der Waals surface area (Å²) in [6.45, 7) is 0. The van der Waals surface area contributed by atoms with Crippen LogP contribution < -0.4 is 5.43 Å². The van der Waals surface area contributed by atoms with Crippen molar-refractivity contribution in [3.05, 3.63) is 52.1 Å². The smallest absolute Gasteiger partial charge is 0.270 e. The Morgan fingerprint density at radius 1 is 1.08 bits per heavy atom. The molecule has 8 nitrogen and oxygen atoms in total. The number of hydrogen-bond acceptors (Lipinski definition) is 5. The van der Waals surface area contributed by atoms with Crippen LogP contribution in [-0.2, 0) is 9.59 Å². The minimum absolute atomic E-state index is 0.0673. The molecule has 4 atom stereocenters. The van der Waals surface area contributed by atoms with E-state index in [1.54, 1.807) is 0 Å². The monoisotopic (exact) mass is 327 g/mol. The van der Waals surface area contributed by atoms with E-state index < -0.39 is 10.8 Å². The highest BCUT2D eigenvalue weighted by molar-refractivity contribution is 6.08. The number of carbonyl (C=O) groups is 3. The fourth-order valence-electron chi connectivity index (χ4n) is 3.91. The van der Waals surface area contributed by atoms with Crippen molar-refractivity contribution in [2.24, 2.45) is 23.7 Å². The number of nitrogens with one attached hydrogen (secondary N) is 1. The second-order valence-electron chi connectivity index (χ2n) is 6.26. The van der Waals surface area contributed by atoms with E-state index in [4.69, 9.17) is 0 Å². The summed E-state index contributed by atoms with van der Waals surface area (Å²) in [5, 5.41) is 11.4. The lowest BCUT2D eigenvalue weighted by atomic mass is 9.85. The molecule has 0 aromatic heterocycles. The summed E-state index contributed by atoms with van der Waals surface area (Å²) >= 11 is 0. The first-order valence-electron chi connectivity index (χ1n) is 7.59. The molecule has 1 aromatic carbocycles. The number of non-ortho nitro benzene ring substituents is 1. The van der Waals surface area contributed by atoms with Gasteiger partial charge < -0.3 is 0 Å². The SMILES string of the molecule is O=C(NN1C(=O)[C@@H]2[C@@H](C1=O)[C@H]1C=C[C@@H]2C1)c1ccc([N+](=O)[O-])cc1. The van der Waals surface area contributed by atoms with Gasteiger partial charge in [0.15, 0.2) is 0 Å². The molecule has 8 heteroatoms. The van der Waals surface area contributed by atoms with Crippen LogP contribution in [0.5, 0.6) is 0 Å². The first-order valence-corrected chi connectivity index (χ1v) is 7.59. The quantitative estimate of drug-likeness (QED) is 0.386. The average Bonchev–Trinajstić information content (AvgIpc) is 3.24. The molecule has 0 spiro atoms. The molecule has 3 aliphatic rings. The van der Waals surface area contributed by atoms with Crippen LogP contribution in [0, 0.1) is 33.8 Å². The minimum atomic E-state index is -0.646. The summed E-state index contributed by atoms with van der Waals surface area (Å²) in [6.07, 6.45) is 4.76. The molecular formula is C16H13N3O5. The Bertz CT molecular complexity index is 770. The zero-order chi connectivity index (χ0) is 17.0. The third-order valence-corrected chi connectivity index (χ3v) is 5.02. The number of hydrazine groups is 1. The highest BCUT2D eigenvalue weighted by atomic mass is 16.6. The average molecular weight is 327 g/mol. The lowest BCUT2D eigenvalue weighted by Crippen LogP contribution is -2.47. The Labute approximate surface area is 136 Å². The van der Waals surface area contributed by atoms with Gasteiger partial charge >= 0.3 is 0 Å². The molecule has 1 aliphatic heterocycles. The Hall–Kier alpha value is -3.03. The Balaban J connectivity index is 1.51. The molecule has 4 rings (SSSR count). The van der Waals surface area contributed by atoms with Gasteiger partial charge in [0, 0.05) is 17.7 Å². The van der Waals surface area contributed by atoms with Gasteiger partial charge in [-0.15, -0.1) is 0 Å². The molecule has 0 unspecified atom stereocenters. The number of hydrogen-bond donors (Lipinski definition) is 1. The van der Waals surface area contributed by atoms with Gasteiger partial charge in [0.05, 0.1) is 16.8 Å². The Morgan fingerprint density at radius 3 is 2.12 bits per heavy atom. The number of carbonyl (C=O) groups excluding carboxylic acids is 3. The van der Waals surface area contributed by atoms with Gasteiger partial charge in [-0.25, -0.2) is 0 Å². The number of benzene rings is 1. The van der Waals surface area contributed by atoms with Crippen LogP contribution in [0.3, 0.4) is 0 Å². The third kappa shape index (κ3) is 1.96. The number of nitro groups is 1. The number of imide groups is 1. The summed E-state index contributed by atoms with van der Waals surface area (Å²) < 4.78 is 0. The number of fused-ring (bicyclic) bond motifs is 5. The number of nitrogens with zero attached hydrogens (tertiary/aromatic N) is 2. The second kappa shape index (κ2) is 4.98. The van der Waals surface area contributed by atoms with Crippen LogP contribution in [0.15, 0.2) is 36.4 Å². The van der Waals surface area contributed by atoms with E-state index in [9.17, 15) is 24.5 Å². The van der Waals surface area contributed by atoms with E-state index in [0.717, 1.165) is 11.4 Å². The van der Waals surface area contributed by atoms with Crippen molar-refractivity contribution < 1.29 is 19.3 Å². The molecule has 2 aliphatic carbocycles. The van der Waals surface area contributed by atoms with Crippen molar-refractivity contribution >= 4 is 23.4 Å². The maximum atomic E-state index is 12.5. The van der Waals surface area contributed by atoms with Crippen LogP contribution in [0.1, 0.15) is 16.8 Å². The molecule has 2 fully saturated rings. The molecule has 122 valence electrons. The van der Waals surface area contributed by atoms with Crippen LogP contribution in [0.25, 0.3) is 0 Å². The van der Waals surface area contributed by atoms with E-state index >= 15 is 0 Å². The van der Waals surface area contributed by atoms with Crippen molar-refractivity contribution in [2.75, 3.05) is 0 Å². The molecule has 1 aromatic rings. The standard InChI is InChI=1S/C16H13N3O5/c20-14(8-3-5-11(6-4-8)19(23)24)17-18-15(21)12-9-1-2-10(7-9)13(12)16(18)22/h1-6,9-10,12-13H,7H2,(H,17,20)/t9-,10+,12-,13-/m0/s1. The Morgan fingerprint density at radius 2 is 1.62 bits per heavy atom. The van der Waals surface area contributed by atoms with Gasteiger partial charge in [-0.1, -0.05) is 12.2 Å². The molecule has 24 heavy (non-hydrogen) atoms. The van der Waals surface area contributed by atoms with Crippen molar-refractivity contribution in [1.82, 2.24) is 10.4 Å². The summed E-state index contributed by atoms with van der Waals surface area (Å²) in [5.41, 5.74) is 2.34. The first-order chi connectivity index (χ1) is 11.5. The number of amides is 3. The maximum Gasteiger partial charge on any atom is 0.270 e. The zero-order valence-corrected chi connectivity index (χ0v) is 12.4. The van der Waals surface area contributed by atoms with Crippen molar-refractivity contribution in [3.8, 4) is 0 Å². The molecule has 3 amide bonds. The topological polar surface area (TPSA) is 110 Å². The molecule has 0 radical (unpaired) electrons. The summed E-state index contributed by atoms with van der Waals surface area (Å²) in [6, 6.07) is 4.96. The predicted octanol–water partition coefficient (Wildman–Crippen LogP) is 1.05. The van der Waals surface area contributed by atoms with Gasteiger partial charge in [0.25, 0.3) is 23.4 Å². The summed E-state index contributed by atoms with van der Waals surface area (Å²) in [7, 11) is 0. The van der Waals surface area contributed by atoms with Crippen LogP contribution in [0.4, 0.5) is 5.69 Å². The third-order valence-electron chi connectivity index (χ3n) is 5.02. The van der Waals surface area contributed by atoms with Crippen LogP contribution in [-0.4, -0.2) is 27.7 Å². The van der Waals surface area contributed by atoms with Crippen LogP contribution in [0.2, 0.25) is 0 Å². The maximum absolute atomic E-state index is 12.5. The van der Waals surface area contributed by atoms with E-state index in [1.807, 2.05) is 12.2 Å². The predicted molar refractivity (Wildman–Crippen MR) is 80.1 cm³/mol. The van der Waals surface area contributed by atoms with Crippen molar-refractivity contribution in [2.45, 2.75) is 6.42 Å². The van der Waals surface area contributed by atoms with E-state index in [1.165, 1.54) is 24.3 Å². The van der Waals surface area contributed by atoms with Gasteiger partial charge in [0.2, 0.25) is 0 Å². The second-order valence-corrected chi connectivity index (χ2v) is 6.26. The van der Waals surface area contributed by atoms with E-state index in [0.29, 0.717) is 0 Å². The number of rotatable bonds is 3. The van der Waals surface area contributed by atoms with Crippen LogP contribution >= 0.6 is 0 Å². The van der Waals surface area contributed by atoms with Gasteiger partial charge in [-0.05, 0) is 30.4 Å². The van der Waals surface area contributed by atoms with Crippen molar-refractivity contribution in [1.29, 1.82) is 0 Å². The Kier molecular flexibility index (Phi) is 3.02. The first kappa shape index (κ1) is 14.6. The molecular weight excluding hydrogens is 314 g/mol. The lowest BCUT2D eigenvalue weighted by Gasteiger charge is -2.17. The molecule has 2 bridgehead atoms. The van der Waals surface area contributed by atoms with Gasteiger partial charge in [-0.3, -0.25) is 29.9 Å². The fourth-order valence-corrected chi connectivity index (χ4v) is 3.91. The van der Waals surface area contributed by atoms with Gasteiger partial charge in [-0.2, -0.15) is 5.01 Å². The summed E-state index contributed by atoms with van der Waals surface area (Å²) in [4.78, 5) is 47.2. The molecule has 1 saturated carbocycles. The van der Waals surface area contributed by atoms with Gasteiger partial charge in [0.1, 0.15) is 0 Å². The molecule has 1 saturated heterocycles. The van der Waals surface area contributed by atoms with E-state index in [-0.39, 0.29) is 46.7 Å². The highest BCUT2D eigenvalue weighted by Gasteiger charge is 2.59. The minimum Gasteiger partial charge on any atom is -0.272 e. The van der Waals surface area contributed by atoms with Crippen molar-refractivity contribution in [3.63, 3.8) is 0 Å². The largest absolute Gasteiger partial charge is 0.272 e. The number of nitro benzene ring substituents is 1. The fraction of sp³-hybridized carbons (Fsp3) is 0.312. The lowest BCUT2D eigenvalue weighted by molar-refractivity contribution is -0.384. The summed E-state index contributed by atoms with van der Waals surface area (Å²) in [5.74, 6) is -2.04. The highest BCUT2D eigenvalue weighted by Crippen LogP contribution is 2.52. The number of allylic oxidation sites excluding steroid dienone is 2. The zero-order valence-electron chi connectivity index (χ0n) is 12.4.